The van der Waals surface area contributed by atoms with Gasteiger partial charge in [0.2, 0.25) is 10.9 Å². The number of nitrogens with one attached hydrogen (secondary N) is 1. The molecule has 0 atom stereocenters. The second-order valence-electron chi connectivity index (χ2n) is 6.60. The number of methoxy groups -OCH3 is 1. The molecule has 4 heterocycles. The van der Waals surface area contributed by atoms with Crippen LogP contribution in [-0.4, -0.2) is 36.7 Å². The van der Waals surface area contributed by atoms with E-state index >= 15 is 0 Å². The molecule has 9 heteroatoms. The smallest absolute Gasteiger partial charge is 0.231 e. The normalized spacial score (nSPS) is 11.6. The summed E-state index contributed by atoms with van der Waals surface area (Å²) >= 11 is 3.12. The van der Waals surface area contributed by atoms with Gasteiger partial charge in [-0.1, -0.05) is 24.3 Å². The van der Waals surface area contributed by atoms with Crippen LogP contribution in [0.2, 0.25) is 0 Å². The number of fused-ring (bicyclic) bond motifs is 4. The Morgan fingerprint density at radius 2 is 1.93 bits per heavy atom. The molecule has 1 N–H and O–H groups in total. The molecule has 6 rings (SSSR count). The van der Waals surface area contributed by atoms with Gasteiger partial charge in [-0.2, -0.15) is 0 Å². The van der Waals surface area contributed by atoms with Crippen molar-refractivity contribution in [2.24, 2.45) is 0 Å². The summed E-state index contributed by atoms with van der Waals surface area (Å²) in [4.78, 5) is 14.6. The second-order valence-corrected chi connectivity index (χ2v) is 8.42. The number of ether oxygens (including phenoxy) is 1. The van der Waals surface area contributed by atoms with E-state index in [1.54, 1.807) is 24.8 Å². The summed E-state index contributed by atoms with van der Waals surface area (Å²) in [6.45, 7) is 0. The minimum absolute atomic E-state index is 0.713. The van der Waals surface area contributed by atoms with Crippen LogP contribution in [-0.2, 0) is 0 Å². The predicted octanol–water partition coefficient (Wildman–Crippen LogP) is 5.04. The molecule has 0 aliphatic rings. The summed E-state index contributed by atoms with van der Waals surface area (Å²) in [5, 5.41) is 12.3. The zero-order valence-electron chi connectivity index (χ0n) is 15.7. The molecule has 0 fully saturated rings. The maximum atomic E-state index is 5.29. The van der Waals surface area contributed by atoms with Gasteiger partial charge in [-0.15, -0.1) is 16.4 Å². The van der Waals surface area contributed by atoms with Crippen LogP contribution in [0.1, 0.15) is 0 Å². The van der Waals surface area contributed by atoms with Crippen LogP contribution in [0.4, 0.5) is 0 Å². The lowest BCUT2D eigenvalue weighted by Crippen LogP contribution is -1.90. The van der Waals surface area contributed by atoms with Crippen molar-refractivity contribution in [1.82, 2.24) is 29.5 Å². The van der Waals surface area contributed by atoms with Crippen LogP contribution in [0, 0.1) is 0 Å². The summed E-state index contributed by atoms with van der Waals surface area (Å²) in [6, 6.07) is 16.0. The van der Waals surface area contributed by atoms with Crippen LogP contribution in [0.15, 0.2) is 70.4 Å². The number of aromatic amines is 1. The number of para-hydroxylation sites is 2. The Morgan fingerprint density at radius 3 is 2.80 bits per heavy atom. The molecule has 30 heavy (non-hydrogen) atoms. The topological polar surface area (TPSA) is 81.0 Å². The highest BCUT2D eigenvalue weighted by atomic mass is 32.2. The summed E-state index contributed by atoms with van der Waals surface area (Å²) in [5.41, 5.74) is 4.13. The van der Waals surface area contributed by atoms with Crippen molar-refractivity contribution in [2.75, 3.05) is 7.11 Å². The highest BCUT2D eigenvalue weighted by molar-refractivity contribution is 7.99. The van der Waals surface area contributed by atoms with Crippen molar-refractivity contribution in [1.29, 1.82) is 0 Å². The van der Waals surface area contributed by atoms with Gasteiger partial charge < -0.3 is 4.74 Å². The second kappa shape index (κ2) is 6.82. The third-order valence-electron chi connectivity index (χ3n) is 4.93. The first-order valence-corrected chi connectivity index (χ1v) is 10.9. The Balaban J connectivity index is 1.50. The Kier molecular flexibility index (Phi) is 3.96. The molecule has 0 radical (unpaired) electrons. The van der Waals surface area contributed by atoms with Crippen LogP contribution in [0.5, 0.6) is 5.75 Å². The molecule has 6 aromatic rings. The number of nitrogens with zero attached hydrogens (tertiary/aromatic N) is 5. The lowest BCUT2D eigenvalue weighted by Gasteiger charge is -2.05. The van der Waals surface area contributed by atoms with E-state index in [1.165, 1.54) is 11.8 Å². The van der Waals surface area contributed by atoms with E-state index in [1.807, 2.05) is 40.8 Å². The maximum Gasteiger partial charge on any atom is 0.231 e. The van der Waals surface area contributed by atoms with E-state index in [9.17, 15) is 0 Å². The highest BCUT2D eigenvalue weighted by Gasteiger charge is 2.18. The molecular formula is C21H14N6OS2. The van der Waals surface area contributed by atoms with Crippen LogP contribution >= 0.6 is 23.1 Å². The van der Waals surface area contributed by atoms with Crippen molar-refractivity contribution >= 4 is 50.1 Å². The van der Waals surface area contributed by atoms with E-state index in [0.717, 1.165) is 48.3 Å². The molecule has 2 aromatic carbocycles. The quantitative estimate of drug-likeness (QED) is 0.395. The first-order chi connectivity index (χ1) is 14.8. The van der Waals surface area contributed by atoms with Crippen molar-refractivity contribution < 1.29 is 4.74 Å². The Morgan fingerprint density at radius 1 is 1.07 bits per heavy atom. The van der Waals surface area contributed by atoms with E-state index in [0.29, 0.717) is 5.78 Å². The Labute approximate surface area is 178 Å². The number of aromatic nitrogens is 6. The van der Waals surface area contributed by atoms with Crippen molar-refractivity contribution in [3.05, 3.63) is 60.2 Å². The molecule has 0 aliphatic carbocycles. The lowest BCUT2D eigenvalue weighted by atomic mass is 10.1. The minimum atomic E-state index is 0.713. The monoisotopic (exact) mass is 430 g/mol. The molecule has 0 bridgehead atoms. The van der Waals surface area contributed by atoms with E-state index in [4.69, 9.17) is 4.74 Å². The largest absolute Gasteiger partial charge is 0.497 e. The number of hydrogen-bond acceptors (Lipinski definition) is 7. The maximum absolute atomic E-state index is 5.29. The fraction of sp³-hybridized carbons (Fsp3) is 0.0476. The van der Waals surface area contributed by atoms with Crippen molar-refractivity contribution in [3.8, 4) is 16.9 Å². The molecule has 0 saturated carbocycles. The van der Waals surface area contributed by atoms with Gasteiger partial charge in [-0.3, -0.25) is 4.40 Å². The van der Waals surface area contributed by atoms with E-state index in [-0.39, 0.29) is 0 Å². The molecule has 7 nitrogen and oxygen atoms in total. The predicted molar refractivity (Wildman–Crippen MR) is 118 cm³/mol. The van der Waals surface area contributed by atoms with Gasteiger partial charge in [0, 0.05) is 10.9 Å². The SMILES string of the molecule is COc1ccc(-c2csc3ncnc(Sc4n[nH]c5nc6ccccc6n45)c23)cc1. The van der Waals surface area contributed by atoms with Crippen LogP contribution in [0.25, 0.3) is 38.2 Å². The zero-order valence-corrected chi connectivity index (χ0v) is 17.4. The van der Waals surface area contributed by atoms with Gasteiger partial charge in [-0.05, 0) is 41.6 Å². The first-order valence-electron chi connectivity index (χ1n) is 9.18. The highest BCUT2D eigenvalue weighted by Crippen LogP contribution is 2.40. The van der Waals surface area contributed by atoms with Gasteiger partial charge in [0.15, 0.2) is 0 Å². The third-order valence-corrected chi connectivity index (χ3v) is 6.77. The average molecular weight is 431 g/mol. The molecule has 0 aliphatic heterocycles. The molecule has 4 aromatic heterocycles. The van der Waals surface area contributed by atoms with Gasteiger partial charge in [0.05, 0.1) is 23.5 Å². The summed E-state index contributed by atoms with van der Waals surface area (Å²) in [6.07, 6.45) is 1.61. The minimum Gasteiger partial charge on any atom is -0.497 e. The Hall–Kier alpha value is -3.43. The molecule has 0 spiro atoms. The molecule has 0 amide bonds. The van der Waals surface area contributed by atoms with Gasteiger partial charge in [0.1, 0.15) is 21.9 Å². The summed E-state index contributed by atoms with van der Waals surface area (Å²) in [5.74, 6) is 1.54. The average Bonchev–Trinajstić information content (AvgIpc) is 3.48. The van der Waals surface area contributed by atoms with Crippen LogP contribution in [0.3, 0.4) is 0 Å². The van der Waals surface area contributed by atoms with Gasteiger partial charge in [-0.25, -0.2) is 20.1 Å². The van der Waals surface area contributed by atoms with Gasteiger partial charge >= 0.3 is 0 Å². The molecule has 0 saturated heterocycles. The number of H-pyrrole nitrogens is 1. The van der Waals surface area contributed by atoms with Gasteiger partial charge in [0.25, 0.3) is 0 Å². The number of benzene rings is 2. The van der Waals surface area contributed by atoms with Crippen molar-refractivity contribution in [3.63, 3.8) is 0 Å². The van der Waals surface area contributed by atoms with Crippen molar-refractivity contribution in [2.45, 2.75) is 10.2 Å². The number of imidazole rings is 1. The Bertz CT molecular complexity index is 1520. The molecule has 0 unspecified atom stereocenters. The number of thiophene rings is 1. The summed E-state index contributed by atoms with van der Waals surface area (Å²) in [7, 11) is 1.67. The summed E-state index contributed by atoms with van der Waals surface area (Å²) < 4.78 is 7.31. The zero-order chi connectivity index (χ0) is 20.1. The fourth-order valence-electron chi connectivity index (χ4n) is 3.51. The number of rotatable bonds is 4. The van der Waals surface area contributed by atoms with Crippen LogP contribution < -0.4 is 4.74 Å². The van der Waals surface area contributed by atoms with E-state index < -0.39 is 0 Å². The lowest BCUT2D eigenvalue weighted by molar-refractivity contribution is 0.415. The molecular weight excluding hydrogens is 416 g/mol. The third kappa shape index (κ3) is 2.66. The molecule has 146 valence electrons. The standard InChI is InChI=1S/C21H14N6OS2/c1-28-13-8-6-12(7-9-13)14-10-29-18-17(14)19(23-11-22-18)30-21-26-25-20-24-15-4-2-3-5-16(15)27(20)21/h2-11H,1H3,(H,24,25). The first kappa shape index (κ1) is 17.4. The fourth-order valence-corrected chi connectivity index (χ4v) is 5.43. The van der Waals surface area contributed by atoms with E-state index in [2.05, 4.69) is 42.7 Å². The number of hydrogen-bond donors (Lipinski definition) is 1.